The van der Waals surface area contributed by atoms with Gasteiger partial charge in [-0.25, -0.2) is 4.39 Å². The number of nitrogens with zero attached hydrogens (tertiary/aromatic N) is 3. The van der Waals surface area contributed by atoms with Crippen molar-refractivity contribution in [2.45, 2.75) is 50.5 Å². The second-order valence-corrected chi connectivity index (χ2v) is 13.4. The van der Waals surface area contributed by atoms with Crippen LogP contribution in [-0.2, 0) is 22.6 Å². The van der Waals surface area contributed by atoms with Crippen molar-refractivity contribution >= 4 is 29.1 Å². The SMILES string of the molecule is CN1CCC(C(C)(O)c2cc(F)c3c(c2)C(=O)N(Cc2ccc(Cl)cn2)[C@@]3(OCC2(CO)CC2)c2ccc(Cl)cc2)CC1. The van der Waals surface area contributed by atoms with E-state index in [-0.39, 0.29) is 36.8 Å². The lowest BCUT2D eigenvalue weighted by Gasteiger charge is -2.41. The van der Waals surface area contributed by atoms with Gasteiger partial charge in [-0.2, -0.15) is 0 Å². The Morgan fingerprint density at radius 1 is 1.09 bits per heavy atom. The summed E-state index contributed by atoms with van der Waals surface area (Å²) in [5, 5.41) is 22.8. The summed E-state index contributed by atoms with van der Waals surface area (Å²) < 4.78 is 23.5. The van der Waals surface area contributed by atoms with Gasteiger partial charge in [-0.3, -0.25) is 14.7 Å². The molecule has 2 aromatic carbocycles. The summed E-state index contributed by atoms with van der Waals surface area (Å²) in [5.41, 5.74) is -1.87. The molecule has 1 aromatic heterocycles. The highest BCUT2D eigenvalue weighted by atomic mass is 35.5. The quantitative estimate of drug-likeness (QED) is 0.315. The highest BCUT2D eigenvalue weighted by molar-refractivity contribution is 6.30. The van der Waals surface area contributed by atoms with Crippen LogP contribution in [0, 0.1) is 17.2 Å². The molecule has 3 aliphatic rings. The maximum Gasteiger partial charge on any atom is 0.257 e. The molecule has 2 aliphatic heterocycles. The minimum Gasteiger partial charge on any atom is -0.396 e. The van der Waals surface area contributed by atoms with Gasteiger partial charge in [0.2, 0.25) is 0 Å². The van der Waals surface area contributed by atoms with Crippen LogP contribution in [0.15, 0.2) is 54.7 Å². The first-order valence-corrected chi connectivity index (χ1v) is 15.4. The largest absolute Gasteiger partial charge is 0.396 e. The number of pyridine rings is 1. The fraction of sp³-hybridized carbons (Fsp3) is 0.455. The minimum atomic E-state index is -1.68. The van der Waals surface area contributed by atoms with Gasteiger partial charge >= 0.3 is 0 Å². The maximum absolute atomic E-state index is 16.7. The van der Waals surface area contributed by atoms with E-state index in [0.717, 1.165) is 38.8 Å². The molecule has 0 spiro atoms. The van der Waals surface area contributed by atoms with E-state index in [1.165, 1.54) is 17.2 Å². The average Bonchev–Trinajstić information content (AvgIpc) is 3.74. The van der Waals surface area contributed by atoms with Crippen molar-refractivity contribution in [3.63, 3.8) is 0 Å². The van der Waals surface area contributed by atoms with Gasteiger partial charge in [-0.15, -0.1) is 0 Å². The van der Waals surface area contributed by atoms with E-state index in [0.29, 0.717) is 26.9 Å². The molecule has 3 heterocycles. The first-order valence-electron chi connectivity index (χ1n) is 14.7. The van der Waals surface area contributed by atoms with Crippen LogP contribution in [0.4, 0.5) is 4.39 Å². The van der Waals surface area contributed by atoms with Crippen LogP contribution in [0.5, 0.6) is 0 Å². The van der Waals surface area contributed by atoms with Crippen LogP contribution in [0.1, 0.15) is 65.3 Å². The standard InChI is InChI=1S/C33H36Cl2FN3O4/c1-31(42,21-9-13-38(2)14-10-21)23-15-27-29(28(36)16-23)33(22-3-5-24(34)6-4-22,43-20-32(19-40)11-12-32)39(30(27)41)18-26-8-7-25(35)17-37-26/h3-8,15-17,21,40,42H,9-14,18-20H2,1-2H3/t31?,33-/m1/s1. The Kier molecular flexibility index (Phi) is 8.07. The van der Waals surface area contributed by atoms with Crippen LogP contribution >= 0.6 is 23.2 Å². The molecule has 7 nitrogen and oxygen atoms in total. The number of aromatic nitrogens is 1. The number of carbonyl (C=O) groups excluding carboxylic acids is 1. The molecule has 43 heavy (non-hydrogen) atoms. The summed E-state index contributed by atoms with van der Waals surface area (Å²) in [6.07, 6.45) is 4.54. The van der Waals surface area contributed by atoms with Crippen molar-refractivity contribution in [1.82, 2.24) is 14.8 Å². The van der Waals surface area contributed by atoms with Gasteiger partial charge in [-0.05, 0) is 101 Å². The van der Waals surface area contributed by atoms with E-state index in [9.17, 15) is 15.0 Å². The fourth-order valence-corrected chi connectivity index (χ4v) is 6.72. The van der Waals surface area contributed by atoms with Crippen molar-refractivity contribution in [3.8, 4) is 0 Å². The van der Waals surface area contributed by atoms with E-state index in [4.69, 9.17) is 27.9 Å². The van der Waals surface area contributed by atoms with Gasteiger partial charge in [0.25, 0.3) is 5.91 Å². The Balaban J connectivity index is 1.52. The zero-order valence-electron chi connectivity index (χ0n) is 24.3. The first kappa shape index (κ1) is 30.4. The molecular formula is C33H36Cl2FN3O4. The monoisotopic (exact) mass is 627 g/mol. The van der Waals surface area contributed by atoms with E-state index >= 15 is 4.39 Å². The van der Waals surface area contributed by atoms with E-state index in [1.807, 2.05) is 7.05 Å². The maximum atomic E-state index is 16.7. The first-order chi connectivity index (χ1) is 20.5. The van der Waals surface area contributed by atoms with E-state index in [1.54, 1.807) is 49.4 Å². The Morgan fingerprint density at radius 3 is 2.37 bits per heavy atom. The fourth-order valence-electron chi connectivity index (χ4n) is 6.48. The smallest absolute Gasteiger partial charge is 0.257 e. The summed E-state index contributed by atoms with van der Waals surface area (Å²) in [6, 6.07) is 13.2. The molecule has 1 saturated carbocycles. The normalized spacial score (nSPS) is 23.3. The number of likely N-dealkylation sites (tertiary alicyclic amines) is 1. The number of fused-ring (bicyclic) bond motifs is 1. The zero-order valence-corrected chi connectivity index (χ0v) is 25.8. The van der Waals surface area contributed by atoms with Gasteiger partial charge in [0, 0.05) is 22.2 Å². The number of halogens is 3. The van der Waals surface area contributed by atoms with Gasteiger partial charge in [-0.1, -0.05) is 35.3 Å². The number of amides is 1. The molecule has 2 atom stereocenters. The molecule has 6 rings (SSSR count). The van der Waals surface area contributed by atoms with Crippen molar-refractivity contribution < 1.29 is 24.1 Å². The summed E-state index contributed by atoms with van der Waals surface area (Å²) in [5.74, 6) is -1.19. The van der Waals surface area contributed by atoms with Gasteiger partial charge in [0.1, 0.15) is 5.82 Å². The molecule has 0 radical (unpaired) electrons. The lowest BCUT2D eigenvalue weighted by atomic mass is 9.76. The van der Waals surface area contributed by atoms with Gasteiger partial charge in [0.05, 0.1) is 47.2 Å². The Morgan fingerprint density at radius 2 is 1.77 bits per heavy atom. The lowest BCUT2D eigenvalue weighted by Crippen LogP contribution is -2.48. The molecule has 228 valence electrons. The highest BCUT2D eigenvalue weighted by Crippen LogP contribution is 2.52. The average molecular weight is 629 g/mol. The number of carbonyl (C=O) groups is 1. The Labute approximate surface area is 261 Å². The number of hydrogen-bond donors (Lipinski definition) is 2. The van der Waals surface area contributed by atoms with Gasteiger partial charge in [0.15, 0.2) is 5.72 Å². The van der Waals surface area contributed by atoms with Crippen LogP contribution in [0.2, 0.25) is 10.0 Å². The number of rotatable bonds is 9. The van der Waals surface area contributed by atoms with E-state index in [2.05, 4.69) is 9.88 Å². The molecule has 3 aromatic rings. The summed E-state index contributed by atoms with van der Waals surface area (Å²) in [4.78, 5) is 22.6. The van der Waals surface area contributed by atoms with Crippen molar-refractivity contribution in [2.24, 2.45) is 11.3 Å². The van der Waals surface area contributed by atoms with Gasteiger partial charge < -0.3 is 19.8 Å². The molecule has 10 heteroatoms. The number of hydrogen-bond acceptors (Lipinski definition) is 6. The molecule has 1 amide bonds. The van der Waals surface area contributed by atoms with Crippen LogP contribution in [-0.4, -0.2) is 64.3 Å². The minimum absolute atomic E-state index is 0.000437. The third-order valence-corrected chi connectivity index (χ3v) is 10.1. The number of aliphatic hydroxyl groups is 2. The number of benzene rings is 2. The van der Waals surface area contributed by atoms with Crippen LogP contribution in [0.25, 0.3) is 0 Å². The second-order valence-electron chi connectivity index (χ2n) is 12.6. The Bertz CT molecular complexity index is 1510. The third kappa shape index (κ3) is 5.47. The third-order valence-electron chi connectivity index (χ3n) is 9.61. The van der Waals surface area contributed by atoms with Crippen LogP contribution < -0.4 is 0 Å². The van der Waals surface area contributed by atoms with Crippen molar-refractivity contribution in [3.05, 3.63) is 98.5 Å². The molecular weight excluding hydrogens is 592 g/mol. The van der Waals surface area contributed by atoms with Crippen LogP contribution in [0.3, 0.4) is 0 Å². The summed E-state index contributed by atoms with van der Waals surface area (Å²) in [6.45, 7) is 3.39. The molecule has 2 fully saturated rings. The zero-order chi connectivity index (χ0) is 30.6. The molecule has 1 unspecified atom stereocenters. The summed E-state index contributed by atoms with van der Waals surface area (Å²) >= 11 is 12.4. The lowest BCUT2D eigenvalue weighted by molar-refractivity contribution is -0.130. The number of aliphatic hydroxyl groups excluding tert-OH is 1. The predicted molar refractivity (Wildman–Crippen MR) is 162 cm³/mol. The molecule has 1 saturated heterocycles. The predicted octanol–water partition coefficient (Wildman–Crippen LogP) is 5.72. The van der Waals surface area contributed by atoms with Crippen molar-refractivity contribution in [1.29, 1.82) is 0 Å². The number of ether oxygens (including phenoxy) is 1. The molecule has 0 bridgehead atoms. The second kappa shape index (κ2) is 11.4. The Hall–Kier alpha value is -2.59. The van der Waals surface area contributed by atoms with E-state index < -0.39 is 28.5 Å². The highest BCUT2D eigenvalue weighted by Gasteiger charge is 2.57. The summed E-state index contributed by atoms with van der Waals surface area (Å²) in [7, 11) is 2.04. The molecule has 2 N–H and O–H groups in total. The number of piperidine rings is 1. The van der Waals surface area contributed by atoms with Crippen molar-refractivity contribution in [2.75, 3.05) is 33.4 Å². The topological polar surface area (TPSA) is 86.1 Å². The molecule has 1 aliphatic carbocycles.